The maximum atomic E-state index is 12.9. The minimum absolute atomic E-state index is 0.0276. The lowest BCUT2D eigenvalue weighted by molar-refractivity contribution is -0.117. The van der Waals surface area contributed by atoms with Crippen LogP contribution in [0.1, 0.15) is 49.9 Å². The van der Waals surface area contributed by atoms with Crippen molar-refractivity contribution in [1.29, 1.82) is 0 Å². The molecule has 0 atom stereocenters. The SMILES string of the molecule is CC(C)c1nn(CC(=O)Nc2ncc(F)cn2)c(=O)c2ccc(C3CC3)nc12. The number of amides is 1. The second-order valence-electron chi connectivity index (χ2n) is 7.18. The Morgan fingerprint density at radius 1 is 1.29 bits per heavy atom. The fourth-order valence-electron chi connectivity index (χ4n) is 2.98. The maximum Gasteiger partial charge on any atom is 0.276 e. The summed E-state index contributed by atoms with van der Waals surface area (Å²) in [4.78, 5) is 37.2. The highest BCUT2D eigenvalue weighted by molar-refractivity contribution is 5.89. The van der Waals surface area contributed by atoms with Crippen LogP contribution in [0.25, 0.3) is 10.9 Å². The van der Waals surface area contributed by atoms with Crippen molar-refractivity contribution in [2.75, 3.05) is 5.32 Å². The molecule has 0 aromatic carbocycles. The number of pyridine rings is 1. The molecule has 1 amide bonds. The smallest absolute Gasteiger partial charge is 0.276 e. The van der Waals surface area contributed by atoms with Crippen molar-refractivity contribution in [3.63, 3.8) is 0 Å². The Balaban J connectivity index is 1.67. The highest BCUT2D eigenvalue weighted by atomic mass is 19.1. The third-order valence-electron chi connectivity index (χ3n) is 4.56. The molecule has 1 aliphatic carbocycles. The maximum absolute atomic E-state index is 12.9. The molecular weight excluding hydrogens is 363 g/mol. The number of aromatic nitrogens is 5. The molecule has 144 valence electrons. The van der Waals surface area contributed by atoms with Gasteiger partial charge in [-0.2, -0.15) is 5.10 Å². The Morgan fingerprint density at radius 3 is 2.64 bits per heavy atom. The predicted molar refractivity (Wildman–Crippen MR) is 100 cm³/mol. The van der Waals surface area contributed by atoms with Gasteiger partial charge in [-0.25, -0.2) is 19.0 Å². The highest BCUT2D eigenvalue weighted by Gasteiger charge is 2.26. The zero-order chi connectivity index (χ0) is 19.8. The van der Waals surface area contributed by atoms with Crippen LogP contribution in [0.3, 0.4) is 0 Å². The van der Waals surface area contributed by atoms with Crippen LogP contribution >= 0.6 is 0 Å². The van der Waals surface area contributed by atoms with Crippen molar-refractivity contribution >= 4 is 22.8 Å². The quantitative estimate of drug-likeness (QED) is 0.727. The first-order chi connectivity index (χ1) is 13.4. The number of nitrogens with one attached hydrogen (secondary N) is 1. The second-order valence-corrected chi connectivity index (χ2v) is 7.18. The number of carbonyl (C=O) groups is 1. The Labute approximate surface area is 159 Å². The molecule has 0 bridgehead atoms. The molecule has 9 heteroatoms. The average molecular weight is 382 g/mol. The van der Waals surface area contributed by atoms with E-state index < -0.39 is 11.7 Å². The number of halogens is 1. The van der Waals surface area contributed by atoms with E-state index in [9.17, 15) is 14.0 Å². The van der Waals surface area contributed by atoms with Gasteiger partial charge in [0.15, 0.2) is 5.82 Å². The van der Waals surface area contributed by atoms with E-state index in [2.05, 4.69) is 25.4 Å². The van der Waals surface area contributed by atoms with Crippen LogP contribution in [0.4, 0.5) is 10.3 Å². The minimum atomic E-state index is -0.606. The topological polar surface area (TPSA) is 103 Å². The lowest BCUT2D eigenvalue weighted by Gasteiger charge is -2.13. The normalized spacial score (nSPS) is 13.9. The van der Waals surface area contributed by atoms with E-state index in [1.807, 2.05) is 19.9 Å². The summed E-state index contributed by atoms with van der Waals surface area (Å²) in [6.07, 6.45) is 4.13. The van der Waals surface area contributed by atoms with Gasteiger partial charge in [0, 0.05) is 11.6 Å². The molecule has 0 saturated heterocycles. The van der Waals surface area contributed by atoms with Crippen molar-refractivity contribution in [3.05, 3.63) is 52.1 Å². The zero-order valence-corrected chi connectivity index (χ0v) is 15.5. The van der Waals surface area contributed by atoms with E-state index in [0.717, 1.165) is 35.6 Å². The summed E-state index contributed by atoms with van der Waals surface area (Å²) in [7, 11) is 0. The summed E-state index contributed by atoms with van der Waals surface area (Å²) in [5.41, 5.74) is 1.87. The molecule has 0 unspecified atom stereocenters. The predicted octanol–water partition coefficient (Wildman–Crippen LogP) is 2.36. The number of nitrogens with zero attached hydrogens (tertiary/aromatic N) is 5. The van der Waals surface area contributed by atoms with Crippen molar-refractivity contribution < 1.29 is 9.18 Å². The van der Waals surface area contributed by atoms with Gasteiger partial charge < -0.3 is 0 Å². The third-order valence-corrected chi connectivity index (χ3v) is 4.56. The molecule has 3 aromatic heterocycles. The third kappa shape index (κ3) is 3.60. The monoisotopic (exact) mass is 382 g/mol. The van der Waals surface area contributed by atoms with Gasteiger partial charge in [-0.3, -0.25) is 19.9 Å². The number of anilines is 1. The molecule has 4 rings (SSSR count). The molecule has 1 aliphatic rings. The molecule has 1 saturated carbocycles. The van der Waals surface area contributed by atoms with Crippen LogP contribution in [0.15, 0.2) is 29.3 Å². The summed E-state index contributed by atoms with van der Waals surface area (Å²) in [5.74, 6) is -0.684. The van der Waals surface area contributed by atoms with Crippen molar-refractivity contribution in [1.82, 2.24) is 24.7 Å². The van der Waals surface area contributed by atoms with E-state index in [4.69, 9.17) is 0 Å². The van der Waals surface area contributed by atoms with Gasteiger partial charge in [-0.1, -0.05) is 13.8 Å². The van der Waals surface area contributed by atoms with Gasteiger partial charge in [0.05, 0.1) is 29.0 Å². The van der Waals surface area contributed by atoms with E-state index in [1.54, 1.807) is 6.07 Å². The van der Waals surface area contributed by atoms with Gasteiger partial charge in [0.1, 0.15) is 6.54 Å². The summed E-state index contributed by atoms with van der Waals surface area (Å²) in [6.45, 7) is 3.63. The molecule has 28 heavy (non-hydrogen) atoms. The zero-order valence-electron chi connectivity index (χ0n) is 15.5. The molecule has 1 N–H and O–H groups in total. The first-order valence-corrected chi connectivity index (χ1v) is 9.11. The van der Waals surface area contributed by atoms with Crippen LogP contribution < -0.4 is 10.9 Å². The molecule has 0 aliphatic heterocycles. The number of hydrogen-bond acceptors (Lipinski definition) is 6. The van der Waals surface area contributed by atoms with E-state index in [0.29, 0.717) is 22.5 Å². The Kier molecular flexibility index (Phi) is 4.58. The number of rotatable bonds is 5. The van der Waals surface area contributed by atoms with Crippen molar-refractivity contribution in [2.45, 2.75) is 45.1 Å². The van der Waals surface area contributed by atoms with Crippen molar-refractivity contribution in [3.8, 4) is 0 Å². The van der Waals surface area contributed by atoms with E-state index in [-0.39, 0.29) is 24.0 Å². The fourth-order valence-corrected chi connectivity index (χ4v) is 2.98. The van der Waals surface area contributed by atoms with Gasteiger partial charge >= 0.3 is 0 Å². The van der Waals surface area contributed by atoms with Crippen molar-refractivity contribution in [2.24, 2.45) is 0 Å². The molecule has 8 nitrogen and oxygen atoms in total. The average Bonchev–Trinajstić information content (AvgIpc) is 3.50. The summed E-state index contributed by atoms with van der Waals surface area (Å²) < 4.78 is 14.0. The van der Waals surface area contributed by atoms with Crippen LogP contribution in [-0.4, -0.2) is 30.6 Å². The standard InChI is InChI=1S/C19H19FN6O2/c1-10(2)16-17-13(5-6-14(23-17)11-3-4-11)18(28)26(25-16)9-15(27)24-19-21-7-12(20)8-22-19/h5-8,10-11H,3-4,9H2,1-2H3,(H,21,22,24,27). The molecule has 1 fully saturated rings. The first kappa shape index (κ1) is 18.1. The summed E-state index contributed by atoms with van der Waals surface area (Å²) in [6, 6.07) is 3.64. The Hall–Kier alpha value is -3.23. The largest absolute Gasteiger partial charge is 0.293 e. The van der Waals surface area contributed by atoms with Gasteiger partial charge in [-0.15, -0.1) is 0 Å². The Morgan fingerprint density at radius 2 is 2.00 bits per heavy atom. The molecular formula is C19H19FN6O2. The van der Waals surface area contributed by atoms with Crippen LogP contribution in [-0.2, 0) is 11.3 Å². The Bertz CT molecular complexity index is 1110. The lowest BCUT2D eigenvalue weighted by atomic mass is 10.1. The number of carbonyl (C=O) groups excluding carboxylic acids is 1. The summed E-state index contributed by atoms with van der Waals surface area (Å²) >= 11 is 0. The van der Waals surface area contributed by atoms with Crippen LogP contribution in [0.2, 0.25) is 0 Å². The highest BCUT2D eigenvalue weighted by Crippen LogP contribution is 2.39. The lowest BCUT2D eigenvalue weighted by Crippen LogP contribution is -2.31. The van der Waals surface area contributed by atoms with Gasteiger partial charge in [0.2, 0.25) is 11.9 Å². The number of hydrogen-bond donors (Lipinski definition) is 1. The minimum Gasteiger partial charge on any atom is -0.293 e. The van der Waals surface area contributed by atoms with Gasteiger partial charge in [-0.05, 0) is 30.9 Å². The molecule has 0 spiro atoms. The first-order valence-electron chi connectivity index (χ1n) is 9.11. The molecule has 3 heterocycles. The molecule has 0 radical (unpaired) electrons. The van der Waals surface area contributed by atoms with Crippen LogP contribution in [0, 0.1) is 5.82 Å². The summed E-state index contributed by atoms with van der Waals surface area (Å²) in [5, 5.41) is 7.27. The second kappa shape index (κ2) is 7.06. The van der Waals surface area contributed by atoms with E-state index in [1.165, 1.54) is 0 Å². The number of fused-ring (bicyclic) bond motifs is 1. The van der Waals surface area contributed by atoms with Gasteiger partial charge in [0.25, 0.3) is 5.56 Å². The van der Waals surface area contributed by atoms with Crippen LogP contribution in [0.5, 0.6) is 0 Å². The van der Waals surface area contributed by atoms with E-state index >= 15 is 0 Å². The fraction of sp³-hybridized carbons (Fsp3) is 0.368. The molecule has 3 aromatic rings.